The Labute approximate surface area is 121 Å². The van der Waals surface area contributed by atoms with E-state index in [0.717, 1.165) is 24.0 Å². The zero-order valence-corrected chi connectivity index (χ0v) is 13.2. The van der Waals surface area contributed by atoms with Crippen LogP contribution in [0.1, 0.15) is 39.2 Å². The fraction of sp³-hybridized carbons (Fsp3) is 0.600. The molecular formula is C15H24ClNS. The summed E-state index contributed by atoms with van der Waals surface area (Å²) in [6.07, 6.45) is 2.42. The average Bonchev–Trinajstić information content (AvgIpc) is 2.31. The van der Waals surface area contributed by atoms with Crippen LogP contribution in [0.15, 0.2) is 23.1 Å². The lowest BCUT2D eigenvalue weighted by Gasteiger charge is -2.11. The molecule has 0 bridgehead atoms. The van der Waals surface area contributed by atoms with E-state index in [4.69, 9.17) is 11.6 Å². The molecule has 0 heterocycles. The van der Waals surface area contributed by atoms with Gasteiger partial charge in [-0.2, -0.15) is 0 Å². The first-order valence-electron chi connectivity index (χ1n) is 6.75. The van der Waals surface area contributed by atoms with E-state index in [1.165, 1.54) is 29.1 Å². The average molecular weight is 286 g/mol. The lowest BCUT2D eigenvalue weighted by Crippen LogP contribution is -2.14. The molecule has 0 atom stereocenters. The van der Waals surface area contributed by atoms with Crippen LogP contribution in [0.5, 0.6) is 0 Å². The molecule has 0 aliphatic heterocycles. The van der Waals surface area contributed by atoms with Crippen molar-refractivity contribution in [2.45, 2.75) is 45.1 Å². The van der Waals surface area contributed by atoms with Crippen molar-refractivity contribution in [3.8, 4) is 0 Å². The molecule has 0 saturated carbocycles. The van der Waals surface area contributed by atoms with Gasteiger partial charge in [0.1, 0.15) is 0 Å². The first-order chi connectivity index (χ1) is 8.63. The smallest absolute Gasteiger partial charge is 0.0417 e. The Morgan fingerprint density at radius 3 is 2.78 bits per heavy atom. The van der Waals surface area contributed by atoms with E-state index in [1.54, 1.807) is 0 Å². The molecule has 0 aliphatic rings. The van der Waals surface area contributed by atoms with Gasteiger partial charge < -0.3 is 5.32 Å². The van der Waals surface area contributed by atoms with Crippen molar-refractivity contribution >= 4 is 23.4 Å². The molecule has 0 saturated heterocycles. The van der Waals surface area contributed by atoms with E-state index in [9.17, 15) is 0 Å². The Kier molecular flexibility index (Phi) is 7.80. The van der Waals surface area contributed by atoms with Crippen molar-refractivity contribution in [2.75, 3.05) is 12.3 Å². The van der Waals surface area contributed by atoms with Gasteiger partial charge in [0.25, 0.3) is 0 Å². The van der Waals surface area contributed by atoms with E-state index >= 15 is 0 Å². The largest absolute Gasteiger partial charge is 0.313 e. The van der Waals surface area contributed by atoms with Crippen molar-refractivity contribution in [3.63, 3.8) is 0 Å². The lowest BCUT2D eigenvalue weighted by molar-refractivity contribution is 0.631. The van der Waals surface area contributed by atoms with Gasteiger partial charge in [0.2, 0.25) is 0 Å². The summed E-state index contributed by atoms with van der Waals surface area (Å²) in [4.78, 5) is 1.33. The Bertz CT molecular complexity index is 352. The molecule has 0 aliphatic carbocycles. The standard InChI is InChI=1S/C15H24ClNS/c1-4-8-17-11-13-5-6-14(16)10-15(13)18-9-7-12(2)3/h5-6,10,12,17H,4,7-9,11H2,1-3H3. The third-order valence-electron chi connectivity index (χ3n) is 2.72. The van der Waals surface area contributed by atoms with Crippen LogP contribution in [0.3, 0.4) is 0 Å². The maximum atomic E-state index is 6.09. The van der Waals surface area contributed by atoms with Crippen molar-refractivity contribution in [1.82, 2.24) is 5.32 Å². The van der Waals surface area contributed by atoms with E-state index in [1.807, 2.05) is 17.8 Å². The SMILES string of the molecule is CCCNCc1ccc(Cl)cc1SCCC(C)C. The lowest BCUT2D eigenvalue weighted by atomic mass is 10.2. The second-order valence-corrected chi connectivity index (χ2v) is 6.53. The third kappa shape index (κ3) is 6.12. The minimum Gasteiger partial charge on any atom is -0.313 e. The number of rotatable bonds is 8. The maximum absolute atomic E-state index is 6.09. The highest BCUT2D eigenvalue weighted by molar-refractivity contribution is 7.99. The highest BCUT2D eigenvalue weighted by atomic mass is 35.5. The number of halogens is 1. The van der Waals surface area contributed by atoms with Gasteiger partial charge in [-0.05, 0) is 48.8 Å². The predicted molar refractivity (Wildman–Crippen MR) is 83.6 cm³/mol. The van der Waals surface area contributed by atoms with Gasteiger partial charge in [-0.1, -0.05) is 38.4 Å². The van der Waals surface area contributed by atoms with Gasteiger partial charge in [-0.25, -0.2) is 0 Å². The third-order valence-corrected chi connectivity index (χ3v) is 4.09. The summed E-state index contributed by atoms with van der Waals surface area (Å²) in [7, 11) is 0. The van der Waals surface area contributed by atoms with Crippen molar-refractivity contribution < 1.29 is 0 Å². The van der Waals surface area contributed by atoms with Crippen molar-refractivity contribution in [2.24, 2.45) is 5.92 Å². The van der Waals surface area contributed by atoms with E-state index in [-0.39, 0.29) is 0 Å². The normalized spacial score (nSPS) is 11.2. The second-order valence-electron chi connectivity index (χ2n) is 4.96. The fourth-order valence-corrected chi connectivity index (χ4v) is 3.20. The number of benzene rings is 1. The van der Waals surface area contributed by atoms with E-state index < -0.39 is 0 Å². The quantitative estimate of drug-likeness (QED) is 0.534. The number of hydrogen-bond acceptors (Lipinski definition) is 2. The summed E-state index contributed by atoms with van der Waals surface area (Å²) < 4.78 is 0. The molecule has 1 N–H and O–H groups in total. The summed E-state index contributed by atoms with van der Waals surface area (Å²) >= 11 is 8.01. The van der Waals surface area contributed by atoms with Crippen molar-refractivity contribution in [3.05, 3.63) is 28.8 Å². The van der Waals surface area contributed by atoms with Gasteiger partial charge in [0.05, 0.1) is 0 Å². The highest BCUT2D eigenvalue weighted by Crippen LogP contribution is 2.27. The van der Waals surface area contributed by atoms with Crippen LogP contribution in [0, 0.1) is 5.92 Å². The minimum atomic E-state index is 0.762. The first kappa shape index (κ1) is 15.9. The first-order valence-corrected chi connectivity index (χ1v) is 8.11. The summed E-state index contributed by atoms with van der Waals surface area (Å²) in [5, 5.41) is 4.29. The molecule has 18 heavy (non-hydrogen) atoms. The van der Waals surface area contributed by atoms with Crippen LogP contribution in [0.4, 0.5) is 0 Å². The summed E-state index contributed by atoms with van der Waals surface area (Å²) in [5.74, 6) is 1.93. The molecule has 1 rings (SSSR count). The maximum Gasteiger partial charge on any atom is 0.0417 e. The fourth-order valence-electron chi connectivity index (χ4n) is 1.61. The molecule has 0 radical (unpaired) electrons. The Morgan fingerprint density at radius 1 is 1.33 bits per heavy atom. The van der Waals surface area contributed by atoms with Crippen molar-refractivity contribution in [1.29, 1.82) is 0 Å². The highest BCUT2D eigenvalue weighted by Gasteiger charge is 2.05. The molecule has 0 spiro atoms. The van der Waals surface area contributed by atoms with Crippen LogP contribution in [-0.4, -0.2) is 12.3 Å². The van der Waals surface area contributed by atoms with Gasteiger partial charge in [0.15, 0.2) is 0 Å². The van der Waals surface area contributed by atoms with Gasteiger partial charge in [-0.15, -0.1) is 11.8 Å². The predicted octanol–water partition coefficient (Wildman–Crippen LogP) is 4.98. The monoisotopic (exact) mass is 285 g/mol. The van der Waals surface area contributed by atoms with Gasteiger partial charge in [0, 0.05) is 16.5 Å². The van der Waals surface area contributed by atoms with E-state index in [0.29, 0.717) is 0 Å². The topological polar surface area (TPSA) is 12.0 Å². The molecule has 0 amide bonds. The molecule has 3 heteroatoms. The summed E-state index contributed by atoms with van der Waals surface area (Å²) in [6.45, 7) is 8.73. The second kappa shape index (κ2) is 8.84. The molecular weight excluding hydrogens is 262 g/mol. The molecule has 1 aromatic carbocycles. The Morgan fingerprint density at radius 2 is 2.11 bits per heavy atom. The van der Waals surface area contributed by atoms with Crippen LogP contribution in [0.2, 0.25) is 5.02 Å². The van der Waals surface area contributed by atoms with Crippen LogP contribution >= 0.6 is 23.4 Å². The number of hydrogen-bond donors (Lipinski definition) is 1. The van der Waals surface area contributed by atoms with Crippen LogP contribution < -0.4 is 5.32 Å². The number of nitrogens with one attached hydrogen (secondary N) is 1. The van der Waals surface area contributed by atoms with Crippen LogP contribution in [0.25, 0.3) is 0 Å². The van der Waals surface area contributed by atoms with Crippen LogP contribution in [-0.2, 0) is 6.54 Å². The minimum absolute atomic E-state index is 0.762. The van der Waals surface area contributed by atoms with Gasteiger partial charge in [-0.3, -0.25) is 0 Å². The molecule has 0 aromatic heterocycles. The molecule has 102 valence electrons. The Balaban J connectivity index is 2.58. The molecule has 1 nitrogen and oxygen atoms in total. The number of thioether (sulfide) groups is 1. The molecule has 1 aromatic rings. The zero-order chi connectivity index (χ0) is 13.4. The van der Waals surface area contributed by atoms with E-state index in [2.05, 4.69) is 38.2 Å². The van der Waals surface area contributed by atoms with Gasteiger partial charge >= 0.3 is 0 Å². The molecule has 0 unspecified atom stereocenters. The summed E-state index contributed by atoms with van der Waals surface area (Å²) in [5.41, 5.74) is 1.36. The zero-order valence-electron chi connectivity index (χ0n) is 11.6. The molecule has 0 fully saturated rings. The summed E-state index contributed by atoms with van der Waals surface area (Å²) in [6, 6.07) is 6.22. The Hall–Kier alpha value is -0.180.